The molecule has 0 atom stereocenters. The van der Waals surface area contributed by atoms with E-state index in [0.717, 1.165) is 11.3 Å². The molecule has 6 heteroatoms. The molecule has 0 unspecified atom stereocenters. The smallest absolute Gasteiger partial charge is 0.227 e. The molecule has 1 aromatic carbocycles. The SMILES string of the molecule is CC(=O)N(Cc1ccc(Nc2ncc(Cl)cn2)cc1)C(C)C. The number of amides is 1. The predicted molar refractivity (Wildman–Crippen MR) is 88.1 cm³/mol. The lowest BCUT2D eigenvalue weighted by Crippen LogP contribution is -2.34. The van der Waals surface area contributed by atoms with E-state index >= 15 is 0 Å². The maximum atomic E-state index is 11.6. The normalized spacial score (nSPS) is 10.6. The zero-order chi connectivity index (χ0) is 16.1. The van der Waals surface area contributed by atoms with Crippen LogP contribution in [0.3, 0.4) is 0 Å². The maximum Gasteiger partial charge on any atom is 0.227 e. The van der Waals surface area contributed by atoms with Crippen LogP contribution >= 0.6 is 11.6 Å². The van der Waals surface area contributed by atoms with E-state index in [2.05, 4.69) is 15.3 Å². The van der Waals surface area contributed by atoms with Crippen LogP contribution in [0.1, 0.15) is 26.3 Å². The van der Waals surface area contributed by atoms with Gasteiger partial charge in [0.2, 0.25) is 11.9 Å². The van der Waals surface area contributed by atoms with Crippen molar-refractivity contribution in [2.75, 3.05) is 5.32 Å². The quantitative estimate of drug-likeness (QED) is 0.914. The van der Waals surface area contributed by atoms with Gasteiger partial charge in [0, 0.05) is 25.2 Å². The number of benzene rings is 1. The Kier molecular flexibility index (Phi) is 5.33. The van der Waals surface area contributed by atoms with Gasteiger partial charge in [0.05, 0.1) is 17.4 Å². The first kappa shape index (κ1) is 16.2. The van der Waals surface area contributed by atoms with Crippen molar-refractivity contribution in [3.63, 3.8) is 0 Å². The number of halogens is 1. The van der Waals surface area contributed by atoms with Gasteiger partial charge in [-0.25, -0.2) is 9.97 Å². The van der Waals surface area contributed by atoms with Crippen LogP contribution in [0, 0.1) is 0 Å². The molecule has 22 heavy (non-hydrogen) atoms. The Labute approximate surface area is 135 Å². The summed E-state index contributed by atoms with van der Waals surface area (Å²) in [5.41, 5.74) is 1.96. The van der Waals surface area contributed by atoms with E-state index in [1.54, 1.807) is 19.3 Å². The minimum absolute atomic E-state index is 0.0757. The maximum absolute atomic E-state index is 11.6. The molecule has 1 aromatic heterocycles. The summed E-state index contributed by atoms with van der Waals surface area (Å²) >= 11 is 5.75. The third-order valence-corrected chi connectivity index (χ3v) is 3.41. The highest BCUT2D eigenvalue weighted by atomic mass is 35.5. The van der Waals surface area contributed by atoms with Gasteiger partial charge in [-0.2, -0.15) is 0 Å². The Hall–Kier alpha value is -2.14. The van der Waals surface area contributed by atoms with Gasteiger partial charge in [-0.3, -0.25) is 4.79 Å². The van der Waals surface area contributed by atoms with Crippen molar-refractivity contribution in [3.8, 4) is 0 Å². The Morgan fingerprint density at radius 3 is 2.32 bits per heavy atom. The molecule has 1 amide bonds. The van der Waals surface area contributed by atoms with Crippen molar-refractivity contribution in [1.29, 1.82) is 0 Å². The monoisotopic (exact) mass is 318 g/mol. The predicted octanol–water partition coefficient (Wildman–Crippen LogP) is 3.63. The summed E-state index contributed by atoms with van der Waals surface area (Å²) in [5, 5.41) is 3.59. The van der Waals surface area contributed by atoms with Gasteiger partial charge in [0.15, 0.2) is 0 Å². The van der Waals surface area contributed by atoms with Crippen LogP contribution in [-0.4, -0.2) is 26.8 Å². The zero-order valence-corrected chi connectivity index (χ0v) is 13.6. The first-order chi connectivity index (χ1) is 10.5. The van der Waals surface area contributed by atoms with E-state index < -0.39 is 0 Å². The summed E-state index contributed by atoms with van der Waals surface area (Å²) < 4.78 is 0. The van der Waals surface area contributed by atoms with Crippen LogP contribution in [0.15, 0.2) is 36.7 Å². The number of carbonyl (C=O) groups is 1. The lowest BCUT2D eigenvalue weighted by Gasteiger charge is -2.25. The number of aromatic nitrogens is 2. The van der Waals surface area contributed by atoms with E-state index in [1.165, 1.54) is 0 Å². The number of nitrogens with zero attached hydrogens (tertiary/aromatic N) is 3. The Morgan fingerprint density at radius 1 is 1.23 bits per heavy atom. The number of hydrogen-bond donors (Lipinski definition) is 1. The molecule has 0 aliphatic rings. The summed E-state index contributed by atoms with van der Waals surface area (Å²) in [6.45, 7) is 6.21. The molecule has 2 aromatic rings. The fourth-order valence-electron chi connectivity index (χ4n) is 2.05. The highest BCUT2D eigenvalue weighted by Gasteiger charge is 2.12. The van der Waals surface area contributed by atoms with Crippen LogP contribution in [0.25, 0.3) is 0 Å². The van der Waals surface area contributed by atoms with Gasteiger partial charge in [-0.15, -0.1) is 0 Å². The topological polar surface area (TPSA) is 58.1 Å². The number of carbonyl (C=O) groups excluding carboxylic acids is 1. The molecular weight excluding hydrogens is 300 g/mol. The second-order valence-corrected chi connectivity index (χ2v) is 5.72. The van der Waals surface area contributed by atoms with Gasteiger partial charge >= 0.3 is 0 Å². The zero-order valence-electron chi connectivity index (χ0n) is 12.9. The van der Waals surface area contributed by atoms with E-state index in [9.17, 15) is 4.79 Å². The highest BCUT2D eigenvalue weighted by Crippen LogP contribution is 2.16. The van der Waals surface area contributed by atoms with Gasteiger partial charge in [-0.1, -0.05) is 23.7 Å². The molecule has 116 valence electrons. The fraction of sp³-hybridized carbons (Fsp3) is 0.312. The number of anilines is 2. The molecule has 0 bridgehead atoms. The molecule has 0 fully saturated rings. The van der Waals surface area contributed by atoms with Crippen LogP contribution in [0.4, 0.5) is 11.6 Å². The van der Waals surface area contributed by atoms with Crippen LogP contribution in [0.2, 0.25) is 5.02 Å². The minimum atomic E-state index is 0.0757. The van der Waals surface area contributed by atoms with E-state index in [0.29, 0.717) is 17.5 Å². The molecule has 0 radical (unpaired) electrons. The van der Waals surface area contributed by atoms with Crippen molar-refractivity contribution in [2.45, 2.75) is 33.4 Å². The van der Waals surface area contributed by atoms with Gasteiger partial charge in [-0.05, 0) is 31.5 Å². The van der Waals surface area contributed by atoms with E-state index in [1.807, 2.05) is 43.0 Å². The Balaban J connectivity index is 2.03. The minimum Gasteiger partial charge on any atom is -0.336 e. The standard InChI is InChI=1S/C16H19ClN4O/c1-11(2)21(12(3)22)10-13-4-6-15(7-5-13)20-16-18-8-14(17)9-19-16/h4-9,11H,10H2,1-3H3,(H,18,19,20). The van der Waals surface area contributed by atoms with E-state index in [-0.39, 0.29) is 11.9 Å². The molecule has 5 nitrogen and oxygen atoms in total. The number of nitrogens with one attached hydrogen (secondary N) is 1. The molecule has 1 N–H and O–H groups in total. The average molecular weight is 319 g/mol. The summed E-state index contributed by atoms with van der Waals surface area (Å²) in [7, 11) is 0. The molecule has 0 spiro atoms. The fourth-order valence-corrected chi connectivity index (χ4v) is 2.15. The third kappa shape index (κ3) is 4.43. The second-order valence-electron chi connectivity index (χ2n) is 5.29. The summed E-state index contributed by atoms with van der Waals surface area (Å²) in [6.07, 6.45) is 3.08. The first-order valence-corrected chi connectivity index (χ1v) is 7.44. The lowest BCUT2D eigenvalue weighted by atomic mass is 10.1. The lowest BCUT2D eigenvalue weighted by molar-refractivity contribution is -0.131. The third-order valence-electron chi connectivity index (χ3n) is 3.21. The average Bonchev–Trinajstić information content (AvgIpc) is 2.48. The van der Waals surface area contributed by atoms with Crippen molar-refractivity contribution >= 4 is 29.1 Å². The van der Waals surface area contributed by atoms with E-state index in [4.69, 9.17) is 11.6 Å². The first-order valence-electron chi connectivity index (χ1n) is 7.06. The van der Waals surface area contributed by atoms with Gasteiger partial charge in [0.25, 0.3) is 0 Å². The molecule has 2 rings (SSSR count). The van der Waals surface area contributed by atoms with Gasteiger partial charge in [0.1, 0.15) is 0 Å². The van der Waals surface area contributed by atoms with Crippen molar-refractivity contribution in [2.24, 2.45) is 0 Å². The van der Waals surface area contributed by atoms with Crippen LogP contribution in [0.5, 0.6) is 0 Å². The number of rotatable bonds is 5. The van der Waals surface area contributed by atoms with Gasteiger partial charge < -0.3 is 10.2 Å². The molecule has 0 saturated carbocycles. The highest BCUT2D eigenvalue weighted by molar-refractivity contribution is 6.30. The second kappa shape index (κ2) is 7.22. The van der Waals surface area contributed by atoms with Crippen molar-refractivity contribution in [1.82, 2.24) is 14.9 Å². The largest absolute Gasteiger partial charge is 0.336 e. The van der Waals surface area contributed by atoms with Crippen LogP contribution in [-0.2, 0) is 11.3 Å². The van der Waals surface area contributed by atoms with Crippen LogP contribution < -0.4 is 5.32 Å². The molecule has 0 aliphatic carbocycles. The molecule has 0 saturated heterocycles. The molecular formula is C16H19ClN4O. The summed E-state index contributed by atoms with van der Waals surface area (Å²) in [5.74, 6) is 0.566. The summed E-state index contributed by atoms with van der Waals surface area (Å²) in [6, 6.07) is 8.02. The summed E-state index contributed by atoms with van der Waals surface area (Å²) in [4.78, 5) is 21.6. The Morgan fingerprint density at radius 2 is 1.82 bits per heavy atom. The molecule has 1 heterocycles. The van der Waals surface area contributed by atoms with Crippen molar-refractivity contribution < 1.29 is 4.79 Å². The Bertz CT molecular complexity index is 626. The molecule has 0 aliphatic heterocycles. The number of hydrogen-bond acceptors (Lipinski definition) is 4. The van der Waals surface area contributed by atoms with Crippen molar-refractivity contribution in [3.05, 3.63) is 47.2 Å².